The van der Waals surface area contributed by atoms with Gasteiger partial charge in [-0.05, 0) is 28.9 Å². The molecule has 0 amide bonds. The molecule has 0 bridgehead atoms. The summed E-state index contributed by atoms with van der Waals surface area (Å²) in [5.74, 6) is 6.12. The Kier molecular flexibility index (Phi) is 4.97. The number of aliphatic hydroxyl groups is 1. The fourth-order valence-corrected chi connectivity index (χ4v) is 4.18. The average Bonchev–Trinajstić information content (AvgIpc) is 3.25. The van der Waals surface area contributed by atoms with Crippen LogP contribution in [0.2, 0.25) is 0 Å². The van der Waals surface area contributed by atoms with E-state index in [-0.39, 0.29) is 6.61 Å². The largest absolute Gasteiger partial charge is 0.450 e. The highest BCUT2D eigenvalue weighted by atomic mass is 16.5. The quantitative estimate of drug-likeness (QED) is 0.645. The Morgan fingerprint density at radius 1 is 1.14 bits per heavy atom. The van der Waals surface area contributed by atoms with Crippen molar-refractivity contribution in [1.29, 1.82) is 0 Å². The Labute approximate surface area is 166 Å². The lowest BCUT2D eigenvalue weighted by Gasteiger charge is -2.26. The Morgan fingerprint density at radius 2 is 1.75 bits per heavy atom. The maximum absolute atomic E-state index is 12.8. The standard InChI is InChI=1S/C24H25NO3/c1-23-16-21(23)17-25(18-23)14-8-9-15-28-22(26)24(27,19-10-4-2-5-11-19)20-12-6-3-7-13-20/h2-7,10-13,21,27H,14-18H2,1H3/t21-,23+/m1/s1. The van der Waals surface area contributed by atoms with E-state index in [0.29, 0.717) is 23.1 Å². The van der Waals surface area contributed by atoms with Crippen LogP contribution in [0, 0.1) is 23.2 Å². The molecule has 2 aliphatic rings. The second-order valence-electron chi connectivity index (χ2n) is 8.10. The Morgan fingerprint density at radius 3 is 2.29 bits per heavy atom. The average molecular weight is 375 g/mol. The third-order valence-corrected chi connectivity index (χ3v) is 5.98. The van der Waals surface area contributed by atoms with Gasteiger partial charge in [0.05, 0.1) is 6.54 Å². The second kappa shape index (κ2) is 7.43. The molecule has 1 aliphatic heterocycles. The van der Waals surface area contributed by atoms with E-state index < -0.39 is 11.6 Å². The van der Waals surface area contributed by atoms with Gasteiger partial charge in [0, 0.05) is 13.1 Å². The van der Waals surface area contributed by atoms with Gasteiger partial charge in [-0.2, -0.15) is 0 Å². The first kappa shape index (κ1) is 18.7. The van der Waals surface area contributed by atoms with E-state index in [0.717, 1.165) is 19.0 Å². The molecule has 2 aromatic carbocycles. The molecule has 4 heteroatoms. The molecule has 0 aromatic heterocycles. The van der Waals surface area contributed by atoms with Crippen LogP contribution in [0.4, 0.5) is 0 Å². The van der Waals surface area contributed by atoms with Crippen LogP contribution in [-0.4, -0.2) is 42.2 Å². The zero-order valence-electron chi connectivity index (χ0n) is 16.1. The molecule has 1 aliphatic carbocycles. The molecule has 28 heavy (non-hydrogen) atoms. The van der Waals surface area contributed by atoms with Crippen molar-refractivity contribution in [2.24, 2.45) is 11.3 Å². The minimum atomic E-state index is -1.85. The van der Waals surface area contributed by atoms with Gasteiger partial charge in [-0.15, -0.1) is 0 Å². The predicted octanol–water partition coefficient (Wildman–Crippen LogP) is 2.81. The van der Waals surface area contributed by atoms with Crippen LogP contribution in [0.15, 0.2) is 60.7 Å². The van der Waals surface area contributed by atoms with Crippen LogP contribution in [-0.2, 0) is 15.1 Å². The Balaban J connectivity index is 1.40. The Hall–Kier alpha value is -2.61. The number of ether oxygens (including phenoxy) is 1. The molecule has 4 rings (SSSR count). The summed E-state index contributed by atoms with van der Waals surface area (Å²) in [6.45, 7) is 5.22. The summed E-state index contributed by atoms with van der Waals surface area (Å²) in [5, 5.41) is 11.3. The normalized spacial score (nSPS) is 23.4. The van der Waals surface area contributed by atoms with Crippen molar-refractivity contribution < 1.29 is 14.6 Å². The molecule has 0 spiro atoms. The molecule has 1 saturated carbocycles. The molecule has 0 unspecified atom stereocenters. The first-order valence-corrected chi connectivity index (χ1v) is 9.71. The van der Waals surface area contributed by atoms with E-state index in [9.17, 15) is 9.90 Å². The number of nitrogens with zero attached hydrogens (tertiary/aromatic N) is 1. The first-order chi connectivity index (χ1) is 13.5. The molecule has 144 valence electrons. The van der Waals surface area contributed by atoms with Gasteiger partial charge in [0.25, 0.3) is 0 Å². The topological polar surface area (TPSA) is 49.8 Å². The summed E-state index contributed by atoms with van der Waals surface area (Å²) < 4.78 is 5.35. The molecule has 4 nitrogen and oxygen atoms in total. The summed E-state index contributed by atoms with van der Waals surface area (Å²) in [6.07, 6.45) is 1.34. The third-order valence-electron chi connectivity index (χ3n) is 5.98. The lowest BCUT2D eigenvalue weighted by molar-refractivity contribution is -0.160. The molecule has 2 atom stereocenters. The van der Waals surface area contributed by atoms with Gasteiger partial charge in [-0.3, -0.25) is 4.90 Å². The highest BCUT2D eigenvalue weighted by molar-refractivity contribution is 5.85. The molecule has 1 saturated heterocycles. The Bertz CT molecular complexity index is 860. The first-order valence-electron chi connectivity index (χ1n) is 9.71. The molecule has 2 aromatic rings. The zero-order valence-corrected chi connectivity index (χ0v) is 16.1. The van der Waals surface area contributed by atoms with Crippen molar-refractivity contribution in [3.05, 3.63) is 71.8 Å². The highest BCUT2D eigenvalue weighted by Gasteiger charge is 2.55. The number of hydrogen-bond acceptors (Lipinski definition) is 4. The molecular formula is C24H25NO3. The minimum Gasteiger partial charge on any atom is -0.450 e. The van der Waals surface area contributed by atoms with Crippen LogP contribution >= 0.6 is 0 Å². The van der Waals surface area contributed by atoms with Crippen LogP contribution < -0.4 is 0 Å². The van der Waals surface area contributed by atoms with Gasteiger partial charge >= 0.3 is 5.97 Å². The molecule has 2 fully saturated rings. The SMILES string of the molecule is C[C@@]12C[C@@H]1CN(CC#CCOC(=O)C(O)(c1ccccc1)c1ccccc1)C2. The van der Waals surface area contributed by atoms with Crippen molar-refractivity contribution in [2.45, 2.75) is 18.9 Å². The van der Waals surface area contributed by atoms with Gasteiger partial charge in [-0.25, -0.2) is 4.79 Å². The monoisotopic (exact) mass is 375 g/mol. The lowest BCUT2D eigenvalue weighted by Crippen LogP contribution is -2.38. The van der Waals surface area contributed by atoms with Crippen molar-refractivity contribution in [3.8, 4) is 11.8 Å². The minimum absolute atomic E-state index is 0.0324. The van der Waals surface area contributed by atoms with Crippen LogP contribution in [0.5, 0.6) is 0 Å². The number of rotatable bonds is 5. The maximum Gasteiger partial charge on any atom is 0.348 e. The molecule has 1 heterocycles. The fraction of sp³-hybridized carbons (Fsp3) is 0.375. The highest BCUT2D eigenvalue weighted by Crippen LogP contribution is 2.57. The summed E-state index contributed by atoms with van der Waals surface area (Å²) >= 11 is 0. The van der Waals surface area contributed by atoms with Crippen LogP contribution in [0.3, 0.4) is 0 Å². The van der Waals surface area contributed by atoms with Gasteiger partial charge in [-0.1, -0.05) is 79.4 Å². The number of benzene rings is 2. The van der Waals surface area contributed by atoms with Crippen molar-refractivity contribution in [1.82, 2.24) is 4.90 Å². The van der Waals surface area contributed by atoms with E-state index >= 15 is 0 Å². The third kappa shape index (κ3) is 3.56. The van der Waals surface area contributed by atoms with Gasteiger partial charge in [0.15, 0.2) is 6.61 Å². The molecule has 1 N–H and O–H groups in total. The van der Waals surface area contributed by atoms with Crippen LogP contribution in [0.25, 0.3) is 0 Å². The van der Waals surface area contributed by atoms with Crippen LogP contribution in [0.1, 0.15) is 24.5 Å². The van der Waals surface area contributed by atoms with Crippen molar-refractivity contribution >= 4 is 5.97 Å². The number of esters is 1. The van der Waals surface area contributed by atoms with E-state index in [4.69, 9.17) is 4.74 Å². The van der Waals surface area contributed by atoms with Gasteiger partial charge in [0.1, 0.15) is 0 Å². The number of piperidine rings is 1. The van der Waals surface area contributed by atoms with Gasteiger partial charge < -0.3 is 9.84 Å². The molecular weight excluding hydrogens is 350 g/mol. The maximum atomic E-state index is 12.8. The number of fused-ring (bicyclic) bond motifs is 1. The fourth-order valence-electron chi connectivity index (χ4n) is 4.18. The summed E-state index contributed by atoms with van der Waals surface area (Å²) in [7, 11) is 0. The van der Waals surface area contributed by atoms with Crippen molar-refractivity contribution in [3.63, 3.8) is 0 Å². The summed E-state index contributed by atoms with van der Waals surface area (Å²) in [5.41, 5.74) is -0.391. The number of likely N-dealkylation sites (tertiary alicyclic amines) is 1. The number of hydrogen-bond donors (Lipinski definition) is 1. The number of carbonyl (C=O) groups excluding carboxylic acids is 1. The number of carbonyl (C=O) groups is 1. The van der Waals surface area contributed by atoms with Crippen molar-refractivity contribution in [2.75, 3.05) is 26.2 Å². The zero-order chi connectivity index (χ0) is 19.6. The lowest BCUT2D eigenvalue weighted by atomic mass is 9.86. The summed E-state index contributed by atoms with van der Waals surface area (Å²) in [4.78, 5) is 15.2. The smallest absolute Gasteiger partial charge is 0.348 e. The van der Waals surface area contributed by atoms with Gasteiger partial charge in [0.2, 0.25) is 5.60 Å². The van der Waals surface area contributed by atoms with E-state index in [1.54, 1.807) is 48.5 Å². The molecule has 0 radical (unpaired) electrons. The predicted molar refractivity (Wildman–Crippen MR) is 107 cm³/mol. The summed E-state index contributed by atoms with van der Waals surface area (Å²) in [6, 6.07) is 17.7. The second-order valence-corrected chi connectivity index (χ2v) is 8.10. The van der Waals surface area contributed by atoms with E-state index in [1.807, 2.05) is 12.1 Å². The van der Waals surface area contributed by atoms with E-state index in [1.165, 1.54) is 6.42 Å². The van der Waals surface area contributed by atoms with E-state index in [2.05, 4.69) is 23.7 Å².